The molecule has 1 aliphatic rings. The molecule has 0 amide bonds. The molecule has 0 saturated heterocycles. The largest absolute Gasteiger partial charge is 0.478 e. The molecular weight excluding hydrogens is 216 g/mol. The lowest BCUT2D eigenvalue weighted by Crippen LogP contribution is -2.13. The monoisotopic (exact) mass is 234 g/mol. The van der Waals surface area contributed by atoms with Crippen molar-refractivity contribution >= 4 is 11.8 Å². The van der Waals surface area contributed by atoms with Crippen LogP contribution in [-0.4, -0.2) is 16.9 Å². The van der Waals surface area contributed by atoms with Crippen LogP contribution >= 0.6 is 0 Å². The summed E-state index contributed by atoms with van der Waals surface area (Å²) < 4.78 is 0. The van der Waals surface area contributed by atoms with Crippen molar-refractivity contribution in [3.05, 3.63) is 35.4 Å². The predicted molar refractivity (Wildman–Crippen MR) is 66.3 cm³/mol. The lowest BCUT2D eigenvalue weighted by atomic mass is 9.78. The first-order valence-electron chi connectivity index (χ1n) is 5.81. The molecule has 1 N–H and O–H groups in total. The highest BCUT2D eigenvalue weighted by Crippen LogP contribution is 2.37. The molecule has 1 fully saturated rings. The highest BCUT2D eigenvalue weighted by atomic mass is 16.4. The Morgan fingerprint density at radius 3 is 2.12 bits per heavy atom. The highest BCUT2D eigenvalue weighted by Gasteiger charge is 2.23. The smallest absolute Gasteiger partial charge is 0.335 e. The van der Waals surface area contributed by atoms with E-state index in [2.05, 4.69) is 0 Å². The maximum atomic E-state index is 10.9. The zero-order valence-electron chi connectivity index (χ0n) is 10.3. The Balaban J connectivity index is 0.000000317. The second kappa shape index (κ2) is 6.18. The van der Waals surface area contributed by atoms with E-state index < -0.39 is 5.97 Å². The van der Waals surface area contributed by atoms with Crippen molar-refractivity contribution in [2.24, 2.45) is 0 Å². The number of carbonyl (C=O) groups is 2. The molecule has 1 aliphatic carbocycles. The first kappa shape index (κ1) is 13.4. The molecule has 1 aromatic carbocycles. The molecule has 0 spiro atoms. The fourth-order valence-electron chi connectivity index (χ4n) is 1.77. The fraction of sp³-hybridized carbons (Fsp3) is 0.429. The van der Waals surface area contributed by atoms with Gasteiger partial charge in [0, 0.05) is 0 Å². The lowest BCUT2D eigenvalue weighted by molar-refractivity contribution is -0.115. The molecule has 3 nitrogen and oxygen atoms in total. The van der Waals surface area contributed by atoms with Crippen LogP contribution in [0.4, 0.5) is 0 Å². The average Bonchev–Trinajstić information content (AvgIpc) is 2.14. The first-order chi connectivity index (χ1) is 8.02. The van der Waals surface area contributed by atoms with Crippen LogP contribution < -0.4 is 0 Å². The Hall–Kier alpha value is -1.64. The summed E-state index contributed by atoms with van der Waals surface area (Å²) in [6.45, 7) is 3.06. The number of benzene rings is 1. The third-order valence-corrected chi connectivity index (χ3v) is 2.74. The quantitative estimate of drug-likeness (QED) is 0.854. The number of Topliss-reactive ketones (excluding diaryl/α,β-unsaturated/α-hetero) is 1. The zero-order valence-corrected chi connectivity index (χ0v) is 10.3. The van der Waals surface area contributed by atoms with Crippen LogP contribution in [-0.2, 0) is 4.79 Å². The normalized spacial score (nSPS) is 14.2. The van der Waals surface area contributed by atoms with Crippen molar-refractivity contribution < 1.29 is 14.7 Å². The van der Waals surface area contributed by atoms with Crippen molar-refractivity contribution in [3.63, 3.8) is 0 Å². The Morgan fingerprint density at radius 1 is 1.18 bits per heavy atom. The summed E-state index contributed by atoms with van der Waals surface area (Å²) in [7, 11) is 0. The molecule has 0 heterocycles. The fourth-order valence-corrected chi connectivity index (χ4v) is 1.77. The molecule has 3 heteroatoms. The first-order valence-corrected chi connectivity index (χ1v) is 5.81. The highest BCUT2D eigenvalue weighted by molar-refractivity contribution is 5.89. The summed E-state index contributed by atoms with van der Waals surface area (Å²) in [6, 6.07) is 7.33. The Morgan fingerprint density at radius 2 is 1.71 bits per heavy atom. The molecule has 0 aromatic heterocycles. The van der Waals surface area contributed by atoms with Gasteiger partial charge < -0.3 is 9.90 Å². The van der Waals surface area contributed by atoms with Crippen molar-refractivity contribution in [3.8, 4) is 0 Å². The maximum Gasteiger partial charge on any atom is 0.335 e. The van der Waals surface area contributed by atoms with Gasteiger partial charge in [-0.25, -0.2) is 4.79 Å². The van der Waals surface area contributed by atoms with Crippen LogP contribution in [0, 0.1) is 0 Å². The maximum absolute atomic E-state index is 10.9. The average molecular weight is 234 g/mol. The van der Waals surface area contributed by atoms with Crippen molar-refractivity contribution in [2.45, 2.75) is 39.0 Å². The Labute approximate surface area is 101 Å². The number of carbonyl (C=O) groups excluding carboxylic acids is 1. The number of rotatable bonds is 2. The molecule has 0 aliphatic heterocycles. The summed E-state index contributed by atoms with van der Waals surface area (Å²) in [4.78, 5) is 20.3. The molecule has 0 unspecified atom stereocenters. The van der Waals surface area contributed by atoms with Gasteiger partial charge in [-0.3, -0.25) is 0 Å². The van der Waals surface area contributed by atoms with Crippen molar-refractivity contribution in [2.75, 3.05) is 0 Å². The van der Waals surface area contributed by atoms with Gasteiger partial charge in [-0.1, -0.05) is 24.6 Å². The third-order valence-electron chi connectivity index (χ3n) is 2.74. The summed E-state index contributed by atoms with van der Waals surface area (Å²) >= 11 is 0. The van der Waals surface area contributed by atoms with E-state index in [1.165, 1.54) is 20.3 Å². The van der Waals surface area contributed by atoms with E-state index >= 15 is 0 Å². The van der Waals surface area contributed by atoms with Gasteiger partial charge in [-0.2, -0.15) is 0 Å². The molecule has 1 aromatic rings. The van der Waals surface area contributed by atoms with Gasteiger partial charge in [-0.05, 0) is 44.2 Å². The van der Waals surface area contributed by atoms with Crippen LogP contribution in [0.3, 0.4) is 0 Å². The standard InChI is InChI=1S/C11H12O2.C3H6O/c12-11(13)10-7-2-1-6-9(10)8-4-3-5-8;1-3(2)4/h1-2,6-8H,3-5H2,(H,12,13);1-2H3. The van der Waals surface area contributed by atoms with E-state index in [1.54, 1.807) is 12.1 Å². The second-order valence-corrected chi connectivity index (χ2v) is 4.43. The Bertz CT molecular complexity index is 402. The minimum Gasteiger partial charge on any atom is -0.478 e. The molecule has 0 bridgehead atoms. The van der Waals surface area contributed by atoms with Crippen molar-refractivity contribution in [1.29, 1.82) is 0 Å². The SMILES string of the molecule is CC(C)=O.O=C(O)c1ccccc1C1CCC1. The van der Waals surface area contributed by atoms with Gasteiger partial charge in [-0.15, -0.1) is 0 Å². The van der Waals surface area contributed by atoms with Crippen LogP contribution in [0.5, 0.6) is 0 Å². The van der Waals surface area contributed by atoms with Gasteiger partial charge in [0.15, 0.2) is 0 Å². The molecule has 2 rings (SSSR count). The number of ketones is 1. The molecular formula is C14H18O3. The summed E-state index contributed by atoms with van der Waals surface area (Å²) in [5.74, 6) is -0.144. The molecule has 1 saturated carbocycles. The zero-order chi connectivity index (χ0) is 12.8. The molecule has 92 valence electrons. The van der Waals surface area contributed by atoms with Crippen LogP contribution in [0.2, 0.25) is 0 Å². The molecule has 0 atom stereocenters. The second-order valence-electron chi connectivity index (χ2n) is 4.43. The van der Waals surface area contributed by atoms with Gasteiger partial charge >= 0.3 is 5.97 Å². The third kappa shape index (κ3) is 4.02. The van der Waals surface area contributed by atoms with E-state index in [0.29, 0.717) is 11.5 Å². The van der Waals surface area contributed by atoms with Crippen LogP contribution in [0.15, 0.2) is 24.3 Å². The van der Waals surface area contributed by atoms with E-state index in [0.717, 1.165) is 18.4 Å². The number of aromatic carboxylic acids is 1. The van der Waals surface area contributed by atoms with Crippen molar-refractivity contribution in [1.82, 2.24) is 0 Å². The van der Waals surface area contributed by atoms with Crippen LogP contribution in [0.1, 0.15) is 54.9 Å². The number of carboxylic acid groups (broad SMARTS) is 1. The van der Waals surface area contributed by atoms with Gasteiger partial charge in [0.1, 0.15) is 5.78 Å². The van der Waals surface area contributed by atoms with E-state index in [4.69, 9.17) is 5.11 Å². The van der Waals surface area contributed by atoms with E-state index in [1.807, 2.05) is 12.1 Å². The van der Waals surface area contributed by atoms with Gasteiger partial charge in [0.2, 0.25) is 0 Å². The minimum atomic E-state index is -0.803. The molecule has 17 heavy (non-hydrogen) atoms. The van der Waals surface area contributed by atoms with Gasteiger partial charge in [0.05, 0.1) is 5.56 Å². The summed E-state index contributed by atoms with van der Waals surface area (Å²) in [5, 5.41) is 8.93. The van der Waals surface area contributed by atoms with E-state index in [-0.39, 0.29) is 5.78 Å². The topological polar surface area (TPSA) is 54.4 Å². The predicted octanol–water partition coefficient (Wildman–Crippen LogP) is 3.25. The minimum absolute atomic E-state index is 0.167. The van der Waals surface area contributed by atoms with E-state index in [9.17, 15) is 9.59 Å². The molecule has 0 radical (unpaired) electrons. The lowest BCUT2D eigenvalue weighted by Gasteiger charge is -2.26. The number of hydrogen-bond acceptors (Lipinski definition) is 2. The summed E-state index contributed by atoms with van der Waals surface area (Å²) in [5.41, 5.74) is 1.49. The number of carboxylic acids is 1. The Kier molecular flexibility index (Phi) is 4.88. The summed E-state index contributed by atoms with van der Waals surface area (Å²) in [6.07, 6.45) is 3.52. The van der Waals surface area contributed by atoms with Crippen LogP contribution in [0.25, 0.3) is 0 Å². The number of hydrogen-bond donors (Lipinski definition) is 1. The van der Waals surface area contributed by atoms with Gasteiger partial charge in [0.25, 0.3) is 0 Å².